The summed E-state index contributed by atoms with van der Waals surface area (Å²) >= 11 is 0. The second-order valence-electron chi connectivity index (χ2n) is 6.64. The van der Waals surface area contributed by atoms with Gasteiger partial charge in [0.25, 0.3) is 0 Å². The van der Waals surface area contributed by atoms with E-state index in [-0.39, 0.29) is 0 Å². The van der Waals surface area contributed by atoms with E-state index in [1.807, 2.05) is 0 Å². The minimum atomic E-state index is -2.82. The van der Waals surface area contributed by atoms with Crippen LogP contribution in [0.5, 0.6) is 0 Å². The minimum Gasteiger partial charge on any atom is -0.311 e. The van der Waals surface area contributed by atoms with Crippen LogP contribution in [-0.4, -0.2) is 57.0 Å². The van der Waals surface area contributed by atoms with Crippen LogP contribution < -0.4 is 5.32 Å². The van der Waals surface area contributed by atoms with Crippen LogP contribution in [0.1, 0.15) is 33.1 Å². The number of rotatable bonds is 6. The van der Waals surface area contributed by atoms with Crippen molar-refractivity contribution in [3.63, 3.8) is 0 Å². The normalized spacial score (nSPS) is 29.9. The molecule has 1 saturated heterocycles. The monoisotopic (exact) mass is 288 g/mol. The molecule has 2 aliphatic rings. The van der Waals surface area contributed by atoms with Crippen molar-refractivity contribution in [1.29, 1.82) is 0 Å². The predicted octanol–water partition coefficient (Wildman–Crippen LogP) is 1.13. The SMILES string of the molecule is CC(C)C1CN(CCCS(C)(=O)=O)C(C2CC2)CN1. The Kier molecular flexibility index (Phi) is 4.90. The van der Waals surface area contributed by atoms with Gasteiger partial charge in [-0.15, -0.1) is 0 Å². The first-order valence-electron chi connectivity index (χ1n) is 7.52. The van der Waals surface area contributed by atoms with Crippen LogP contribution in [0, 0.1) is 11.8 Å². The summed E-state index contributed by atoms with van der Waals surface area (Å²) < 4.78 is 22.5. The zero-order valence-electron chi connectivity index (χ0n) is 12.4. The largest absolute Gasteiger partial charge is 0.311 e. The summed E-state index contributed by atoms with van der Waals surface area (Å²) in [7, 11) is -2.82. The fourth-order valence-corrected chi connectivity index (χ4v) is 3.69. The quantitative estimate of drug-likeness (QED) is 0.796. The second-order valence-corrected chi connectivity index (χ2v) is 8.90. The van der Waals surface area contributed by atoms with Crippen LogP contribution in [0.4, 0.5) is 0 Å². The van der Waals surface area contributed by atoms with Gasteiger partial charge in [0.1, 0.15) is 9.84 Å². The van der Waals surface area contributed by atoms with Gasteiger partial charge in [0.15, 0.2) is 0 Å². The highest BCUT2D eigenvalue weighted by Gasteiger charge is 2.38. The van der Waals surface area contributed by atoms with Crippen molar-refractivity contribution < 1.29 is 8.42 Å². The molecule has 2 rings (SSSR count). The molecule has 1 aliphatic carbocycles. The molecule has 1 aliphatic heterocycles. The summed E-state index contributed by atoms with van der Waals surface area (Å²) in [6.07, 6.45) is 4.80. The number of hydrogen-bond donors (Lipinski definition) is 1. The van der Waals surface area contributed by atoms with E-state index in [9.17, 15) is 8.42 Å². The van der Waals surface area contributed by atoms with E-state index in [4.69, 9.17) is 0 Å². The molecule has 2 fully saturated rings. The Hall–Kier alpha value is -0.130. The molecular formula is C14H28N2O2S. The molecule has 0 aromatic carbocycles. The van der Waals surface area contributed by atoms with Gasteiger partial charge in [-0.1, -0.05) is 13.8 Å². The van der Waals surface area contributed by atoms with Crippen molar-refractivity contribution in [2.75, 3.05) is 31.6 Å². The fourth-order valence-electron chi connectivity index (χ4n) is 3.03. The number of piperazine rings is 1. The van der Waals surface area contributed by atoms with Crippen LogP contribution in [0.25, 0.3) is 0 Å². The smallest absolute Gasteiger partial charge is 0.147 e. The maximum absolute atomic E-state index is 11.2. The van der Waals surface area contributed by atoms with Crippen LogP contribution in [0.15, 0.2) is 0 Å². The van der Waals surface area contributed by atoms with Crippen LogP contribution in [0.3, 0.4) is 0 Å². The summed E-state index contributed by atoms with van der Waals surface area (Å²) in [5, 5.41) is 3.67. The molecule has 0 radical (unpaired) electrons. The van der Waals surface area contributed by atoms with Gasteiger partial charge >= 0.3 is 0 Å². The first-order chi connectivity index (χ1) is 8.87. The average Bonchev–Trinajstić information content (AvgIpc) is 3.11. The number of hydrogen-bond acceptors (Lipinski definition) is 4. The van der Waals surface area contributed by atoms with E-state index in [0.29, 0.717) is 23.8 Å². The molecule has 1 saturated carbocycles. The van der Waals surface area contributed by atoms with Crippen molar-refractivity contribution in [3.05, 3.63) is 0 Å². The van der Waals surface area contributed by atoms with Gasteiger partial charge in [0.05, 0.1) is 5.75 Å². The summed E-state index contributed by atoms with van der Waals surface area (Å²) in [5.74, 6) is 1.80. The number of nitrogens with zero attached hydrogens (tertiary/aromatic N) is 1. The Balaban J connectivity index is 1.88. The van der Waals surface area contributed by atoms with E-state index in [2.05, 4.69) is 24.1 Å². The summed E-state index contributed by atoms with van der Waals surface area (Å²) in [5.41, 5.74) is 0. The molecule has 2 atom stereocenters. The lowest BCUT2D eigenvalue weighted by Gasteiger charge is -2.42. The standard InChI is InChI=1S/C14H28N2O2S/c1-11(2)13-10-16(7-4-8-19(3,17)18)14(9-15-13)12-5-6-12/h11-15H,4-10H2,1-3H3. The highest BCUT2D eigenvalue weighted by molar-refractivity contribution is 7.90. The van der Waals surface area contributed by atoms with Crippen LogP contribution >= 0.6 is 0 Å². The molecule has 2 unspecified atom stereocenters. The first kappa shape index (κ1) is 15.3. The van der Waals surface area contributed by atoms with Crippen molar-refractivity contribution >= 4 is 9.84 Å². The molecule has 1 heterocycles. The van der Waals surface area contributed by atoms with Crippen LogP contribution in [-0.2, 0) is 9.84 Å². The third-order valence-corrected chi connectivity index (χ3v) is 5.45. The lowest BCUT2D eigenvalue weighted by atomic mass is 9.97. The molecular weight excluding hydrogens is 260 g/mol. The van der Waals surface area contributed by atoms with Gasteiger partial charge in [-0.3, -0.25) is 4.90 Å². The Morgan fingerprint density at radius 1 is 1.32 bits per heavy atom. The Morgan fingerprint density at radius 2 is 2.00 bits per heavy atom. The van der Waals surface area contributed by atoms with Gasteiger partial charge in [0, 0.05) is 31.4 Å². The molecule has 0 aromatic rings. The zero-order chi connectivity index (χ0) is 14.0. The fraction of sp³-hybridized carbons (Fsp3) is 1.00. The third-order valence-electron chi connectivity index (χ3n) is 4.42. The first-order valence-corrected chi connectivity index (χ1v) is 9.58. The lowest BCUT2D eigenvalue weighted by Crippen LogP contribution is -2.59. The minimum absolute atomic E-state index is 0.320. The third kappa shape index (κ3) is 4.72. The topological polar surface area (TPSA) is 49.4 Å². The van der Waals surface area contributed by atoms with E-state index in [1.54, 1.807) is 0 Å². The molecule has 0 bridgehead atoms. The molecule has 0 aromatic heterocycles. The molecule has 0 spiro atoms. The van der Waals surface area contributed by atoms with Gasteiger partial charge in [-0.05, 0) is 37.6 Å². The number of sulfone groups is 1. The molecule has 1 N–H and O–H groups in total. The Bertz CT molecular complexity index is 390. The Morgan fingerprint density at radius 3 is 2.53 bits per heavy atom. The summed E-state index contributed by atoms with van der Waals surface area (Å²) in [6, 6.07) is 1.18. The Labute approximate surface area is 117 Å². The van der Waals surface area contributed by atoms with Gasteiger partial charge in [-0.2, -0.15) is 0 Å². The average molecular weight is 288 g/mol. The highest BCUT2D eigenvalue weighted by atomic mass is 32.2. The molecule has 5 heteroatoms. The summed E-state index contributed by atoms with van der Waals surface area (Å²) in [6.45, 7) is 7.59. The van der Waals surface area contributed by atoms with E-state index in [1.165, 1.54) is 19.1 Å². The second kappa shape index (κ2) is 6.10. The number of nitrogens with one attached hydrogen (secondary N) is 1. The van der Waals surface area contributed by atoms with Crippen molar-refractivity contribution in [2.24, 2.45) is 11.8 Å². The van der Waals surface area contributed by atoms with Gasteiger partial charge in [0.2, 0.25) is 0 Å². The van der Waals surface area contributed by atoms with E-state index >= 15 is 0 Å². The lowest BCUT2D eigenvalue weighted by molar-refractivity contribution is 0.100. The van der Waals surface area contributed by atoms with Crippen molar-refractivity contribution in [1.82, 2.24) is 10.2 Å². The molecule has 19 heavy (non-hydrogen) atoms. The molecule has 112 valence electrons. The van der Waals surface area contributed by atoms with Gasteiger partial charge in [-0.25, -0.2) is 8.42 Å². The predicted molar refractivity (Wildman–Crippen MR) is 79.0 cm³/mol. The highest BCUT2D eigenvalue weighted by Crippen LogP contribution is 2.36. The van der Waals surface area contributed by atoms with Crippen molar-refractivity contribution in [3.8, 4) is 0 Å². The van der Waals surface area contributed by atoms with E-state index in [0.717, 1.165) is 32.0 Å². The molecule has 4 nitrogen and oxygen atoms in total. The maximum Gasteiger partial charge on any atom is 0.147 e. The van der Waals surface area contributed by atoms with Crippen LogP contribution in [0.2, 0.25) is 0 Å². The zero-order valence-corrected chi connectivity index (χ0v) is 13.2. The van der Waals surface area contributed by atoms with Gasteiger partial charge < -0.3 is 5.32 Å². The van der Waals surface area contributed by atoms with Crippen molar-refractivity contribution in [2.45, 2.75) is 45.2 Å². The van der Waals surface area contributed by atoms with E-state index < -0.39 is 9.84 Å². The molecule has 0 amide bonds. The summed E-state index contributed by atoms with van der Waals surface area (Å²) in [4.78, 5) is 2.55. The maximum atomic E-state index is 11.2.